The quantitative estimate of drug-likeness (QED) is 0.631. The summed E-state index contributed by atoms with van der Waals surface area (Å²) in [6.07, 6.45) is -3.92. The van der Waals surface area contributed by atoms with Crippen molar-refractivity contribution in [2.24, 2.45) is 0 Å². The molecule has 1 saturated heterocycles. The summed E-state index contributed by atoms with van der Waals surface area (Å²) >= 11 is 14.3. The fraction of sp³-hybridized carbons (Fsp3) is 0.524. The number of thiophene rings is 1. The molecular weight excluding hydrogens is 435 g/mol. The zero-order chi connectivity index (χ0) is 21.5. The second-order valence-electron chi connectivity index (χ2n) is 7.74. The van der Waals surface area contributed by atoms with Crippen LogP contribution < -0.4 is 0 Å². The van der Waals surface area contributed by atoms with Crippen molar-refractivity contribution in [3.8, 4) is 0 Å². The minimum absolute atomic E-state index is 0.262. The highest BCUT2D eigenvalue weighted by Gasteiger charge is 2.51. The van der Waals surface area contributed by atoms with E-state index in [0.29, 0.717) is 17.0 Å². The van der Waals surface area contributed by atoms with Gasteiger partial charge in [-0.3, -0.25) is 0 Å². The lowest BCUT2D eigenvalue weighted by molar-refractivity contribution is -0.263. The van der Waals surface area contributed by atoms with Crippen LogP contribution in [0.5, 0.6) is 0 Å². The second-order valence-corrected chi connectivity index (χ2v) is 9.88. The van der Waals surface area contributed by atoms with Gasteiger partial charge in [-0.1, -0.05) is 29.3 Å². The van der Waals surface area contributed by atoms with Crippen LogP contribution in [0.25, 0.3) is 0 Å². The molecule has 160 valence electrons. The molecule has 1 aromatic carbocycles. The number of methoxy groups -OCH3 is 1. The molecule has 0 bridgehead atoms. The van der Waals surface area contributed by atoms with Crippen molar-refractivity contribution in [1.82, 2.24) is 0 Å². The van der Waals surface area contributed by atoms with Crippen molar-refractivity contribution in [3.05, 3.63) is 54.7 Å². The van der Waals surface area contributed by atoms with E-state index >= 15 is 0 Å². The number of hydrogen-bond acceptors (Lipinski definition) is 6. The SMILES string of the molecule is COCc1cc(Cl)c(Cc2cc(C)c(Cl)s2)cc1[C@]1(C)O[C@H](C)[C@@H](O)[C@H](O)[C@H]1O. The maximum Gasteiger partial charge on any atom is 0.120 e. The van der Waals surface area contributed by atoms with Crippen LogP contribution >= 0.6 is 34.5 Å². The van der Waals surface area contributed by atoms with Crippen molar-refractivity contribution in [1.29, 1.82) is 0 Å². The summed E-state index contributed by atoms with van der Waals surface area (Å²) in [5, 5.41) is 31.8. The molecule has 1 aliphatic heterocycles. The zero-order valence-corrected chi connectivity index (χ0v) is 19.1. The third kappa shape index (κ3) is 4.36. The van der Waals surface area contributed by atoms with Gasteiger partial charge in [0.2, 0.25) is 0 Å². The Hall–Kier alpha value is -0.700. The Kier molecular flexibility index (Phi) is 6.98. The van der Waals surface area contributed by atoms with E-state index in [1.807, 2.05) is 19.1 Å². The van der Waals surface area contributed by atoms with Crippen LogP contribution in [0.4, 0.5) is 0 Å². The molecule has 8 heteroatoms. The van der Waals surface area contributed by atoms with E-state index in [1.165, 1.54) is 11.3 Å². The molecular formula is C21H26Cl2O5S. The van der Waals surface area contributed by atoms with Crippen molar-refractivity contribution in [2.75, 3.05) is 7.11 Å². The molecule has 0 aliphatic carbocycles. The molecule has 1 aromatic heterocycles. The van der Waals surface area contributed by atoms with Gasteiger partial charge in [0.25, 0.3) is 0 Å². The minimum Gasteiger partial charge on any atom is -0.388 e. The molecule has 2 heterocycles. The van der Waals surface area contributed by atoms with Crippen LogP contribution in [0.15, 0.2) is 18.2 Å². The van der Waals surface area contributed by atoms with Gasteiger partial charge in [-0.25, -0.2) is 0 Å². The van der Waals surface area contributed by atoms with Gasteiger partial charge in [0.15, 0.2) is 0 Å². The largest absolute Gasteiger partial charge is 0.388 e. The maximum absolute atomic E-state index is 10.8. The fourth-order valence-corrected chi connectivity index (χ4v) is 5.39. The monoisotopic (exact) mass is 460 g/mol. The van der Waals surface area contributed by atoms with Crippen molar-refractivity contribution in [2.45, 2.75) is 63.8 Å². The molecule has 29 heavy (non-hydrogen) atoms. The van der Waals surface area contributed by atoms with Crippen LogP contribution in [0.3, 0.4) is 0 Å². The Morgan fingerprint density at radius 3 is 2.41 bits per heavy atom. The number of ether oxygens (including phenoxy) is 2. The maximum atomic E-state index is 10.8. The van der Waals surface area contributed by atoms with Crippen LogP contribution in [0.2, 0.25) is 9.36 Å². The first-order chi connectivity index (χ1) is 13.6. The first kappa shape index (κ1) is 23.0. The molecule has 3 N–H and O–H groups in total. The minimum atomic E-state index is -1.34. The van der Waals surface area contributed by atoms with Crippen molar-refractivity contribution in [3.63, 3.8) is 0 Å². The number of benzene rings is 1. The van der Waals surface area contributed by atoms with E-state index in [2.05, 4.69) is 0 Å². The van der Waals surface area contributed by atoms with Gasteiger partial charge in [0, 0.05) is 23.4 Å². The molecule has 1 fully saturated rings. The third-order valence-corrected chi connectivity index (χ3v) is 7.44. The van der Waals surface area contributed by atoms with Gasteiger partial charge < -0.3 is 24.8 Å². The number of halogens is 2. The summed E-state index contributed by atoms with van der Waals surface area (Å²) < 4.78 is 12.1. The Morgan fingerprint density at radius 2 is 1.83 bits per heavy atom. The first-order valence-electron chi connectivity index (χ1n) is 9.36. The zero-order valence-electron chi connectivity index (χ0n) is 16.8. The Morgan fingerprint density at radius 1 is 1.14 bits per heavy atom. The number of aliphatic hydroxyl groups is 3. The highest BCUT2D eigenvalue weighted by atomic mass is 35.5. The molecule has 0 unspecified atom stereocenters. The van der Waals surface area contributed by atoms with Crippen LogP contribution in [0.1, 0.15) is 41.0 Å². The van der Waals surface area contributed by atoms with E-state index in [0.717, 1.165) is 25.9 Å². The standard InChI is InChI=1S/C21H26Cl2O5S/c1-10-5-14(29-20(10)23)6-12-7-15(13(9-27-4)8-16(12)22)21(3)19(26)18(25)17(24)11(2)28-21/h5,7-8,11,17-19,24-26H,6,9H2,1-4H3/t11-,17-,18+,19-,21+/m1/s1. The van der Waals surface area contributed by atoms with Gasteiger partial charge in [-0.05, 0) is 55.2 Å². The summed E-state index contributed by atoms with van der Waals surface area (Å²) in [6.45, 7) is 5.60. The number of aryl methyl sites for hydroxylation is 1. The highest BCUT2D eigenvalue weighted by Crippen LogP contribution is 2.42. The molecule has 5 nitrogen and oxygen atoms in total. The average molecular weight is 461 g/mol. The van der Waals surface area contributed by atoms with Crippen molar-refractivity contribution >= 4 is 34.5 Å². The predicted molar refractivity (Wildman–Crippen MR) is 115 cm³/mol. The Labute approximate surface area is 184 Å². The molecule has 5 atom stereocenters. The first-order valence-corrected chi connectivity index (χ1v) is 10.9. The Bertz CT molecular complexity index is 867. The van der Waals surface area contributed by atoms with Gasteiger partial charge in [-0.15, -0.1) is 11.3 Å². The molecule has 0 radical (unpaired) electrons. The Balaban J connectivity index is 2.08. The smallest absolute Gasteiger partial charge is 0.120 e. The van der Waals surface area contributed by atoms with E-state index < -0.39 is 30.0 Å². The lowest BCUT2D eigenvalue weighted by Crippen LogP contribution is -2.61. The number of aliphatic hydroxyl groups excluding tert-OH is 3. The van der Waals surface area contributed by atoms with E-state index in [1.54, 1.807) is 27.0 Å². The summed E-state index contributed by atoms with van der Waals surface area (Å²) in [4.78, 5) is 1.07. The van der Waals surface area contributed by atoms with Gasteiger partial charge in [0.05, 0.1) is 17.0 Å². The molecule has 0 saturated carbocycles. The summed E-state index contributed by atoms with van der Waals surface area (Å²) in [5.74, 6) is 0. The van der Waals surface area contributed by atoms with Gasteiger partial charge in [-0.2, -0.15) is 0 Å². The van der Waals surface area contributed by atoms with Gasteiger partial charge >= 0.3 is 0 Å². The topological polar surface area (TPSA) is 79.2 Å². The molecule has 2 aromatic rings. The van der Waals surface area contributed by atoms with Crippen LogP contribution in [-0.2, 0) is 28.1 Å². The molecule has 1 aliphatic rings. The third-order valence-electron chi connectivity index (χ3n) is 5.53. The fourth-order valence-electron chi connectivity index (χ4n) is 3.87. The lowest BCUT2D eigenvalue weighted by Gasteiger charge is -2.47. The average Bonchev–Trinajstić information content (AvgIpc) is 2.98. The summed E-state index contributed by atoms with van der Waals surface area (Å²) in [7, 11) is 1.57. The number of rotatable bonds is 5. The normalized spacial score (nSPS) is 30.0. The number of hydrogen-bond donors (Lipinski definition) is 3. The van der Waals surface area contributed by atoms with E-state index in [-0.39, 0.29) is 6.61 Å². The highest BCUT2D eigenvalue weighted by molar-refractivity contribution is 7.16. The summed E-state index contributed by atoms with van der Waals surface area (Å²) in [5.41, 5.74) is 2.05. The van der Waals surface area contributed by atoms with E-state index in [4.69, 9.17) is 32.7 Å². The summed E-state index contributed by atoms with van der Waals surface area (Å²) in [6, 6.07) is 5.73. The van der Waals surface area contributed by atoms with Crippen LogP contribution in [-0.4, -0.2) is 46.8 Å². The molecule has 0 spiro atoms. The van der Waals surface area contributed by atoms with Crippen molar-refractivity contribution < 1.29 is 24.8 Å². The predicted octanol–water partition coefficient (Wildman–Crippen LogP) is 3.82. The lowest BCUT2D eigenvalue weighted by atomic mass is 9.79. The molecule has 0 amide bonds. The van der Waals surface area contributed by atoms with Crippen LogP contribution in [0, 0.1) is 6.92 Å². The van der Waals surface area contributed by atoms with E-state index in [9.17, 15) is 15.3 Å². The second kappa shape index (κ2) is 8.81. The molecule has 3 rings (SSSR count). The van der Waals surface area contributed by atoms with Gasteiger partial charge in [0.1, 0.15) is 23.9 Å².